The molecule has 0 spiro atoms. The summed E-state index contributed by atoms with van der Waals surface area (Å²) in [5.74, 6) is 0.382. The van der Waals surface area contributed by atoms with Gasteiger partial charge in [-0.05, 0) is 55.4 Å². The number of H-pyrrole nitrogens is 1. The van der Waals surface area contributed by atoms with Crippen LogP contribution in [0.25, 0.3) is 34.3 Å². The number of hydrogen-bond acceptors (Lipinski definition) is 3. The number of aryl methyl sites for hydroxylation is 1. The van der Waals surface area contributed by atoms with Crippen molar-refractivity contribution >= 4 is 33.2 Å². The third-order valence-corrected chi connectivity index (χ3v) is 6.66. The van der Waals surface area contributed by atoms with Gasteiger partial charge in [0.05, 0.1) is 21.5 Å². The minimum Gasteiger partial charge on any atom is -0.338 e. The Hall–Kier alpha value is -3.43. The second-order valence-corrected chi connectivity index (χ2v) is 9.33. The van der Waals surface area contributed by atoms with Crippen molar-refractivity contribution in [3.8, 4) is 11.1 Å². The first-order chi connectivity index (χ1) is 15.6. The Balaban J connectivity index is 1.73. The summed E-state index contributed by atoms with van der Waals surface area (Å²) in [6.45, 7) is 1.73. The van der Waals surface area contributed by atoms with Crippen molar-refractivity contribution in [3.05, 3.63) is 83.2 Å². The molecule has 0 aliphatic heterocycles. The summed E-state index contributed by atoms with van der Waals surface area (Å²) in [6, 6.07) is 15.8. The van der Waals surface area contributed by atoms with E-state index < -0.39 is 21.8 Å². The molecular formula is C24H20F3N3O2S. The van der Waals surface area contributed by atoms with Crippen molar-refractivity contribution in [1.29, 1.82) is 0 Å². The Labute approximate surface area is 189 Å². The van der Waals surface area contributed by atoms with E-state index >= 15 is 0 Å². The van der Waals surface area contributed by atoms with Gasteiger partial charge in [0.2, 0.25) is 10.0 Å². The smallest absolute Gasteiger partial charge is 0.338 e. The molecule has 2 N–H and O–H groups in total. The highest BCUT2D eigenvalue weighted by Gasteiger charge is 2.32. The van der Waals surface area contributed by atoms with Crippen LogP contribution in [0.15, 0.2) is 65.6 Å². The van der Waals surface area contributed by atoms with E-state index in [4.69, 9.17) is 0 Å². The van der Waals surface area contributed by atoms with Crippen molar-refractivity contribution < 1.29 is 21.6 Å². The molecule has 3 aromatic carbocycles. The number of benzene rings is 3. The molecule has 5 nitrogen and oxygen atoms in total. The van der Waals surface area contributed by atoms with Crippen LogP contribution in [0.4, 0.5) is 13.2 Å². The molecule has 0 amide bonds. The van der Waals surface area contributed by atoms with Gasteiger partial charge in [-0.1, -0.05) is 48.0 Å². The number of halogens is 3. The lowest BCUT2D eigenvalue weighted by molar-refractivity contribution is -0.137. The lowest BCUT2D eigenvalue weighted by atomic mass is 10.0. The number of rotatable bonds is 5. The van der Waals surface area contributed by atoms with Crippen LogP contribution in [0, 0.1) is 6.92 Å². The molecule has 1 aromatic heterocycles. The van der Waals surface area contributed by atoms with Crippen LogP contribution >= 0.6 is 0 Å². The van der Waals surface area contributed by atoms with E-state index in [0.29, 0.717) is 33.5 Å². The maximum Gasteiger partial charge on any atom is 0.416 e. The largest absolute Gasteiger partial charge is 0.416 e. The Bertz CT molecular complexity index is 1470. The third-order valence-electron chi connectivity index (χ3n) is 5.19. The Morgan fingerprint density at radius 3 is 2.48 bits per heavy atom. The number of imidazole rings is 1. The summed E-state index contributed by atoms with van der Waals surface area (Å²) < 4.78 is 67.0. The van der Waals surface area contributed by atoms with Crippen molar-refractivity contribution in [1.82, 2.24) is 14.7 Å². The van der Waals surface area contributed by atoms with E-state index in [0.717, 1.165) is 6.07 Å². The van der Waals surface area contributed by atoms with Crippen LogP contribution in [0.1, 0.15) is 22.5 Å². The molecule has 0 radical (unpaired) electrons. The number of nitrogens with zero attached hydrogens (tertiary/aromatic N) is 1. The molecule has 0 atom stereocenters. The van der Waals surface area contributed by atoms with E-state index in [2.05, 4.69) is 14.7 Å². The van der Waals surface area contributed by atoms with E-state index in [1.54, 1.807) is 43.3 Å². The molecule has 0 unspecified atom stereocenters. The first-order valence-electron chi connectivity index (χ1n) is 9.97. The topological polar surface area (TPSA) is 74.8 Å². The second-order valence-electron chi connectivity index (χ2n) is 7.48. The average Bonchev–Trinajstić information content (AvgIpc) is 3.19. The first-order valence-corrected chi connectivity index (χ1v) is 11.5. The van der Waals surface area contributed by atoms with Crippen molar-refractivity contribution in [2.24, 2.45) is 0 Å². The Morgan fingerprint density at radius 2 is 1.76 bits per heavy atom. The summed E-state index contributed by atoms with van der Waals surface area (Å²) in [7, 11) is -2.31. The van der Waals surface area contributed by atoms with Crippen molar-refractivity contribution in [3.63, 3.8) is 0 Å². The molecule has 4 rings (SSSR count). The maximum absolute atomic E-state index is 13.3. The van der Waals surface area contributed by atoms with Gasteiger partial charge < -0.3 is 4.98 Å². The fraction of sp³-hybridized carbons (Fsp3) is 0.125. The predicted octanol–water partition coefficient (Wildman–Crippen LogP) is 5.64. The van der Waals surface area contributed by atoms with Gasteiger partial charge in [-0.2, -0.15) is 13.2 Å². The molecule has 0 fully saturated rings. The van der Waals surface area contributed by atoms with Gasteiger partial charge in [0, 0.05) is 5.56 Å². The molecule has 0 saturated heterocycles. The quantitative estimate of drug-likeness (QED) is 0.396. The lowest BCUT2D eigenvalue weighted by Gasteiger charge is -2.10. The second kappa shape index (κ2) is 8.49. The number of nitrogens with one attached hydrogen (secondary N) is 2. The van der Waals surface area contributed by atoms with Crippen molar-refractivity contribution in [2.45, 2.75) is 18.0 Å². The molecular weight excluding hydrogens is 451 g/mol. The normalized spacial score (nSPS) is 12.6. The standard InChI is InChI=1S/C24H20F3N3O2S/c1-15-7-10-19(24(25,26)27)17(13-15)9-12-23-29-20-11-8-16(14-21(20)30-23)18-5-3-4-6-22(18)33(31,32)28-2/h3-14,28H,1-2H3,(H,29,30)/b12-9+. The fourth-order valence-electron chi connectivity index (χ4n) is 3.57. The molecule has 170 valence electrons. The molecule has 33 heavy (non-hydrogen) atoms. The minimum atomic E-state index is -4.46. The summed E-state index contributed by atoms with van der Waals surface area (Å²) >= 11 is 0. The zero-order valence-corrected chi connectivity index (χ0v) is 18.6. The first kappa shape index (κ1) is 22.8. The van der Waals surface area contributed by atoms with Crippen LogP contribution in [0.2, 0.25) is 0 Å². The van der Waals surface area contributed by atoms with Crippen LogP contribution < -0.4 is 4.72 Å². The molecule has 0 bridgehead atoms. The number of aromatic amines is 1. The van der Waals surface area contributed by atoms with E-state index in [9.17, 15) is 21.6 Å². The summed E-state index contributed by atoms with van der Waals surface area (Å²) in [6.07, 6.45) is -1.59. The summed E-state index contributed by atoms with van der Waals surface area (Å²) in [5, 5.41) is 0. The molecule has 0 aliphatic carbocycles. The minimum absolute atomic E-state index is 0.0508. The Morgan fingerprint density at radius 1 is 1.00 bits per heavy atom. The SMILES string of the molecule is CNS(=O)(=O)c1ccccc1-c1ccc2nc(/C=C/c3cc(C)ccc3C(F)(F)F)[nH]c2c1. The van der Waals surface area contributed by atoms with Gasteiger partial charge in [-0.15, -0.1) is 0 Å². The zero-order chi connectivity index (χ0) is 23.8. The molecule has 0 aliphatic rings. The monoisotopic (exact) mass is 471 g/mol. The molecule has 4 aromatic rings. The van der Waals surface area contributed by atoms with Crippen LogP contribution in [-0.2, 0) is 16.2 Å². The van der Waals surface area contributed by atoms with E-state index in [1.165, 1.54) is 37.4 Å². The maximum atomic E-state index is 13.3. The van der Waals surface area contributed by atoms with Crippen LogP contribution in [0.3, 0.4) is 0 Å². The molecule has 9 heteroatoms. The third kappa shape index (κ3) is 4.69. The number of fused-ring (bicyclic) bond motifs is 1. The highest BCUT2D eigenvalue weighted by atomic mass is 32.2. The number of aromatic nitrogens is 2. The number of alkyl halides is 3. The lowest BCUT2D eigenvalue weighted by Crippen LogP contribution is -2.19. The van der Waals surface area contributed by atoms with Crippen LogP contribution in [0.5, 0.6) is 0 Å². The highest BCUT2D eigenvalue weighted by Crippen LogP contribution is 2.33. The van der Waals surface area contributed by atoms with Gasteiger partial charge in [0.1, 0.15) is 5.82 Å². The Kier molecular flexibility index (Phi) is 5.85. The summed E-state index contributed by atoms with van der Waals surface area (Å²) in [4.78, 5) is 7.63. The van der Waals surface area contributed by atoms with Crippen LogP contribution in [-0.4, -0.2) is 25.4 Å². The predicted molar refractivity (Wildman–Crippen MR) is 123 cm³/mol. The van der Waals surface area contributed by atoms with Gasteiger partial charge in [0.25, 0.3) is 0 Å². The van der Waals surface area contributed by atoms with Gasteiger partial charge in [-0.3, -0.25) is 0 Å². The van der Waals surface area contributed by atoms with Gasteiger partial charge >= 0.3 is 6.18 Å². The number of sulfonamides is 1. The van der Waals surface area contributed by atoms with E-state index in [1.807, 2.05) is 0 Å². The average molecular weight is 472 g/mol. The van der Waals surface area contributed by atoms with Gasteiger partial charge in [-0.25, -0.2) is 18.1 Å². The number of hydrogen-bond donors (Lipinski definition) is 2. The molecule has 0 saturated carbocycles. The fourth-order valence-corrected chi connectivity index (χ4v) is 4.53. The van der Waals surface area contributed by atoms with E-state index in [-0.39, 0.29) is 10.5 Å². The van der Waals surface area contributed by atoms with Gasteiger partial charge in [0.15, 0.2) is 0 Å². The van der Waals surface area contributed by atoms with Crippen molar-refractivity contribution in [2.75, 3.05) is 7.05 Å². The highest BCUT2D eigenvalue weighted by molar-refractivity contribution is 7.89. The zero-order valence-electron chi connectivity index (χ0n) is 17.7. The summed E-state index contributed by atoms with van der Waals surface area (Å²) in [5.41, 5.74) is 2.47. The molecule has 1 heterocycles.